The zero-order chi connectivity index (χ0) is 15.7. The van der Waals surface area contributed by atoms with Crippen LogP contribution >= 0.6 is 34.8 Å². The van der Waals surface area contributed by atoms with E-state index in [1.165, 1.54) is 0 Å². The first-order valence-corrected chi connectivity index (χ1v) is 7.87. The van der Waals surface area contributed by atoms with Gasteiger partial charge in [0, 0.05) is 17.6 Å². The zero-order valence-electron chi connectivity index (χ0n) is 11.6. The fourth-order valence-electron chi connectivity index (χ4n) is 2.35. The second-order valence-corrected chi connectivity index (χ2v) is 6.25. The zero-order valence-corrected chi connectivity index (χ0v) is 13.8. The number of rotatable bonds is 4. The normalized spacial score (nSPS) is 12.5. The molecule has 2 aromatic carbocycles. The Hall–Kier alpha value is -1.35. The minimum atomic E-state index is -0.253. The van der Waals surface area contributed by atoms with Gasteiger partial charge in [-0.1, -0.05) is 46.9 Å². The molecule has 0 aliphatic heterocycles. The van der Waals surface area contributed by atoms with Crippen LogP contribution in [0.5, 0.6) is 5.75 Å². The first-order valence-electron chi connectivity index (χ1n) is 6.74. The maximum absolute atomic E-state index is 6.21. The summed E-state index contributed by atoms with van der Waals surface area (Å²) < 4.78 is 5.95. The number of benzene rings is 2. The van der Waals surface area contributed by atoms with Gasteiger partial charge in [-0.25, -0.2) is 0 Å². The quantitative estimate of drug-likeness (QED) is 0.615. The summed E-state index contributed by atoms with van der Waals surface area (Å²) in [5.74, 6) is 0.666. The standard InChI is InChI=1S/C17H13Cl3NO/c1-10(8-11-2-4-12(18)5-3-11)22-15-7-6-13(19)17-16(15)14(20)9-21-17/h2-7,9-10,21H,1,8H2. The van der Waals surface area contributed by atoms with Crippen LogP contribution in [0.1, 0.15) is 5.56 Å². The summed E-state index contributed by atoms with van der Waals surface area (Å²) in [6.07, 6.45) is 2.11. The van der Waals surface area contributed by atoms with Gasteiger partial charge in [-0.3, -0.25) is 0 Å². The molecule has 0 bridgehead atoms. The lowest BCUT2D eigenvalue weighted by Gasteiger charge is -2.16. The molecule has 0 fully saturated rings. The van der Waals surface area contributed by atoms with Crippen molar-refractivity contribution >= 4 is 45.7 Å². The van der Waals surface area contributed by atoms with Crippen molar-refractivity contribution in [2.45, 2.75) is 12.5 Å². The molecule has 1 atom stereocenters. The monoisotopic (exact) mass is 352 g/mol. The molecule has 3 rings (SSSR count). The highest BCUT2D eigenvalue weighted by Gasteiger charge is 2.14. The summed E-state index contributed by atoms with van der Waals surface area (Å²) in [6, 6.07) is 11.2. The largest absolute Gasteiger partial charge is 0.489 e. The molecular formula is C17H13Cl3NO. The van der Waals surface area contributed by atoms with Gasteiger partial charge >= 0.3 is 0 Å². The second kappa shape index (κ2) is 6.41. The molecular weight excluding hydrogens is 341 g/mol. The van der Waals surface area contributed by atoms with E-state index < -0.39 is 0 Å². The van der Waals surface area contributed by atoms with Crippen molar-refractivity contribution in [3.63, 3.8) is 0 Å². The molecule has 1 N–H and O–H groups in total. The summed E-state index contributed by atoms with van der Waals surface area (Å²) in [6.45, 7) is 4.05. The molecule has 0 saturated heterocycles. The molecule has 113 valence electrons. The Morgan fingerprint density at radius 1 is 1.00 bits per heavy atom. The number of fused-ring (bicyclic) bond motifs is 1. The number of halogens is 3. The van der Waals surface area contributed by atoms with Crippen molar-refractivity contribution in [1.29, 1.82) is 0 Å². The molecule has 0 saturated carbocycles. The molecule has 0 aliphatic rings. The molecule has 0 amide bonds. The molecule has 3 aromatic rings. The van der Waals surface area contributed by atoms with Crippen molar-refractivity contribution in [2.75, 3.05) is 0 Å². The third-order valence-corrected chi connectivity index (χ3v) is 4.23. The molecule has 1 aromatic heterocycles. The fourth-order valence-corrected chi connectivity index (χ4v) is 2.93. The minimum absolute atomic E-state index is 0.253. The first kappa shape index (κ1) is 15.5. The summed E-state index contributed by atoms with van der Waals surface area (Å²) >= 11 is 18.2. The van der Waals surface area contributed by atoms with E-state index in [0.29, 0.717) is 27.2 Å². The van der Waals surface area contributed by atoms with Crippen LogP contribution in [0, 0.1) is 6.92 Å². The summed E-state index contributed by atoms with van der Waals surface area (Å²) in [5, 5.41) is 2.67. The van der Waals surface area contributed by atoms with Crippen molar-refractivity contribution in [1.82, 2.24) is 4.98 Å². The lowest BCUT2D eigenvalue weighted by molar-refractivity contribution is 0.250. The van der Waals surface area contributed by atoms with Gasteiger partial charge in [0.1, 0.15) is 11.9 Å². The van der Waals surface area contributed by atoms with Crippen molar-refractivity contribution < 1.29 is 4.74 Å². The van der Waals surface area contributed by atoms with Gasteiger partial charge < -0.3 is 9.72 Å². The number of ether oxygens (including phenoxy) is 1. The Morgan fingerprint density at radius 2 is 1.73 bits per heavy atom. The average Bonchev–Trinajstić information content (AvgIpc) is 2.88. The number of aromatic nitrogens is 1. The third-order valence-electron chi connectivity index (χ3n) is 3.37. The van der Waals surface area contributed by atoms with Crippen LogP contribution in [0.4, 0.5) is 0 Å². The van der Waals surface area contributed by atoms with Crippen LogP contribution in [-0.4, -0.2) is 11.1 Å². The molecule has 1 heterocycles. The molecule has 5 heteroatoms. The minimum Gasteiger partial charge on any atom is -0.489 e. The van der Waals surface area contributed by atoms with E-state index in [9.17, 15) is 0 Å². The van der Waals surface area contributed by atoms with Gasteiger partial charge in [-0.2, -0.15) is 0 Å². The van der Waals surface area contributed by atoms with Gasteiger partial charge in [0.2, 0.25) is 0 Å². The fraction of sp³-hybridized carbons (Fsp3) is 0.118. The number of H-pyrrole nitrogens is 1. The maximum atomic E-state index is 6.21. The summed E-state index contributed by atoms with van der Waals surface area (Å²) in [5.41, 5.74) is 1.87. The predicted octanol–water partition coefficient (Wildman–Crippen LogP) is 5.95. The summed E-state index contributed by atoms with van der Waals surface area (Å²) in [7, 11) is 0. The molecule has 1 unspecified atom stereocenters. The Morgan fingerprint density at radius 3 is 2.45 bits per heavy atom. The van der Waals surface area contributed by atoms with E-state index in [1.54, 1.807) is 12.3 Å². The van der Waals surface area contributed by atoms with Crippen LogP contribution in [0.2, 0.25) is 15.1 Å². The van der Waals surface area contributed by atoms with Crippen molar-refractivity contribution in [3.05, 3.63) is 70.2 Å². The van der Waals surface area contributed by atoms with Gasteiger partial charge in [-0.05, 0) is 36.8 Å². The third kappa shape index (κ3) is 3.19. The Kier molecular flexibility index (Phi) is 4.53. The van der Waals surface area contributed by atoms with Crippen LogP contribution in [0.25, 0.3) is 10.9 Å². The van der Waals surface area contributed by atoms with E-state index in [1.807, 2.05) is 30.3 Å². The van der Waals surface area contributed by atoms with E-state index in [-0.39, 0.29) is 6.10 Å². The van der Waals surface area contributed by atoms with Gasteiger partial charge in [-0.15, -0.1) is 0 Å². The van der Waals surface area contributed by atoms with E-state index in [0.717, 1.165) is 16.5 Å². The predicted molar refractivity (Wildman–Crippen MR) is 93.2 cm³/mol. The van der Waals surface area contributed by atoms with Gasteiger partial charge in [0.15, 0.2) is 0 Å². The van der Waals surface area contributed by atoms with Crippen LogP contribution in [0.15, 0.2) is 42.6 Å². The number of hydrogen-bond donors (Lipinski definition) is 1. The highest BCUT2D eigenvalue weighted by molar-refractivity contribution is 6.40. The molecule has 2 nitrogen and oxygen atoms in total. The van der Waals surface area contributed by atoms with Crippen LogP contribution in [0.3, 0.4) is 0 Å². The molecule has 1 radical (unpaired) electrons. The molecule has 22 heavy (non-hydrogen) atoms. The van der Waals surface area contributed by atoms with Crippen molar-refractivity contribution in [2.24, 2.45) is 0 Å². The molecule has 0 aliphatic carbocycles. The summed E-state index contributed by atoms with van der Waals surface area (Å²) in [4.78, 5) is 3.05. The van der Waals surface area contributed by atoms with Crippen LogP contribution < -0.4 is 4.74 Å². The number of hydrogen-bond acceptors (Lipinski definition) is 1. The smallest absolute Gasteiger partial charge is 0.130 e. The topological polar surface area (TPSA) is 25.0 Å². The highest BCUT2D eigenvalue weighted by atomic mass is 35.5. The Labute approximate surface area is 143 Å². The van der Waals surface area contributed by atoms with Crippen molar-refractivity contribution in [3.8, 4) is 5.75 Å². The maximum Gasteiger partial charge on any atom is 0.130 e. The Bertz CT molecular complexity index is 796. The van der Waals surface area contributed by atoms with E-state index >= 15 is 0 Å². The first-order chi connectivity index (χ1) is 10.5. The average molecular weight is 354 g/mol. The Balaban J connectivity index is 1.82. The lowest BCUT2D eigenvalue weighted by Crippen LogP contribution is -2.15. The number of nitrogens with one attached hydrogen (secondary N) is 1. The molecule has 0 spiro atoms. The van der Waals surface area contributed by atoms with Crippen LogP contribution in [-0.2, 0) is 6.42 Å². The second-order valence-electron chi connectivity index (χ2n) is 5.00. The van der Waals surface area contributed by atoms with Gasteiger partial charge in [0.05, 0.1) is 20.9 Å². The van der Waals surface area contributed by atoms with E-state index in [2.05, 4.69) is 11.9 Å². The number of aromatic amines is 1. The van der Waals surface area contributed by atoms with E-state index in [4.69, 9.17) is 39.5 Å². The highest BCUT2D eigenvalue weighted by Crippen LogP contribution is 2.36. The lowest BCUT2D eigenvalue weighted by atomic mass is 10.1. The van der Waals surface area contributed by atoms with Gasteiger partial charge in [0.25, 0.3) is 0 Å². The SMILES string of the molecule is [CH2]C(Cc1ccc(Cl)cc1)Oc1ccc(Cl)c2[nH]cc(Cl)c12.